The maximum Gasteiger partial charge on any atom is 0.257 e. The van der Waals surface area contributed by atoms with Gasteiger partial charge in [0.25, 0.3) is 5.91 Å². The van der Waals surface area contributed by atoms with Gasteiger partial charge in [-0.25, -0.2) is 4.39 Å². The number of phenolic OH excluding ortho intramolecular Hbond substituents is 1. The number of halogens is 1. The normalized spacial score (nSPS) is 18.4. The van der Waals surface area contributed by atoms with Crippen LogP contribution < -0.4 is 0 Å². The molecule has 92 valence electrons. The van der Waals surface area contributed by atoms with E-state index in [1.165, 1.54) is 6.07 Å². The van der Waals surface area contributed by atoms with Crippen molar-refractivity contribution < 1.29 is 14.3 Å². The molecule has 3 nitrogen and oxygen atoms in total. The van der Waals surface area contributed by atoms with E-state index in [9.17, 15) is 14.3 Å². The molecule has 1 heterocycles. The first-order valence-corrected chi connectivity index (χ1v) is 5.67. The van der Waals surface area contributed by atoms with E-state index in [1.807, 2.05) is 0 Å². The Morgan fingerprint density at radius 3 is 2.76 bits per heavy atom. The summed E-state index contributed by atoms with van der Waals surface area (Å²) in [5.74, 6) is -0.974. The Morgan fingerprint density at radius 2 is 2.18 bits per heavy atom. The molecule has 1 N–H and O–H groups in total. The smallest absolute Gasteiger partial charge is 0.257 e. The quantitative estimate of drug-likeness (QED) is 0.814. The fourth-order valence-electron chi connectivity index (χ4n) is 2.14. The summed E-state index contributed by atoms with van der Waals surface area (Å²) in [6.45, 7) is 5.47. The lowest BCUT2D eigenvalue weighted by Crippen LogP contribution is -2.30. The van der Waals surface area contributed by atoms with Crippen molar-refractivity contribution in [3.8, 4) is 5.75 Å². The molecule has 1 saturated heterocycles. The minimum Gasteiger partial charge on any atom is -0.507 e. The van der Waals surface area contributed by atoms with E-state index in [2.05, 4.69) is 13.8 Å². The number of aromatic hydroxyl groups is 1. The van der Waals surface area contributed by atoms with Crippen LogP contribution in [0.1, 0.15) is 30.6 Å². The van der Waals surface area contributed by atoms with E-state index in [-0.39, 0.29) is 22.6 Å². The van der Waals surface area contributed by atoms with Gasteiger partial charge in [-0.15, -0.1) is 0 Å². The highest BCUT2D eigenvalue weighted by molar-refractivity contribution is 5.97. The van der Waals surface area contributed by atoms with Crippen LogP contribution in [0, 0.1) is 11.2 Å². The van der Waals surface area contributed by atoms with Crippen LogP contribution in [0.2, 0.25) is 0 Å². The van der Waals surface area contributed by atoms with E-state index in [0.29, 0.717) is 13.1 Å². The molecule has 0 atom stereocenters. The third-order valence-corrected chi connectivity index (χ3v) is 3.15. The van der Waals surface area contributed by atoms with Gasteiger partial charge in [0.05, 0.1) is 5.56 Å². The minimum absolute atomic E-state index is 0.0442. The molecule has 1 aromatic carbocycles. The Bertz CT molecular complexity index is 457. The molecule has 0 radical (unpaired) electrons. The molecule has 17 heavy (non-hydrogen) atoms. The summed E-state index contributed by atoms with van der Waals surface area (Å²) in [7, 11) is 0. The maximum atomic E-state index is 13.1. The van der Waals surface area contributed by atoms with Crippen molar-refractivity contribution in [3.05, 3.63) is 29.6 Å². The van der Waals surface area contributed by atoms with Crippen LogP contribution in [0.5, 0.6) is 5.75 Å². The monoisotopic (exact) mass is 237 g/mol. The Morgan fingerprint density at radius 1 is 1.47 bits per heavy atom. The van der Waals surface area contributed by atoms with E-state index in [0.717, 1.165) is 18.6 Å². The summed E-state index contributed by atoms with van der Waals surface area (Å²) < 4.78 is 13.1. The fraction of sp³-hybridized carbons (Fsp3) is 0.462. The van der Waals surface area contributed by atoms with Crippen LogP contribution in [-0.4, -0.2) is 29.0 Å². The van der Waals surface area contributed by atoms with Crippen molar-refractivity contribution in [2.45, 2.75) is 20.3 Å². The topological polar surface area (TPSA) is 40.5 Å². The average molecular weight is 237 g/mol. The zero-order valence-electron chi connectivity index (χ0n) is 10.0. The van der Waals surface area contributed by atoms with Gasteiger partial charge in [0.1, 0.15) is 11.6 Å². The second-order valence-corrected chi connectivity index (χ2v) is 5.30. The third-order valence-electron chi connectivity index (χ3n) is 3.15. The number of nitrogens with zero attached hydrogens (tertiary/aromatic N) is 1. The molecule has 0 bridgehead atoms. The van der Waals surface area contributed by atoms with Gasteiger partial charge < -0.3 is 10.0 Å². The first-order valence-electron chi connectivity index (χ1n) is 5.67. The lowest BCUT2D eigenvalue weighted by molar-refractivity contribution is 0.0774. The van der Waals surface area contributed by atoms with Crippen LogP contribution in [0.3, 0.4) is 0 Å². The summed E-state index contributed by atoms with van der Waals surface area (Å²) in [6.07, 6.45) is 0.925. The number of hydrogen-bond donors (Lipinski definition) is 1. The van der Waals surface area contributed by atoms with Gasteiger partial charge in [-0.1, -0.05) is 13.8 Å². The molecule has 1 fully saturated rings. The van der Waals surface area contributed by atoms with Crippen molar-refractivity contribution in [2.75, 3.05) is 13.1 Å². The lowest BCUT2D eigenvalue weighted by Gasteiger charge is -2.20. The predicted molar refractivity (Wildman–Crippen MR) is 62.4 cm³/mol. The number of likely N-dealkylation sites (tertiary alicyclic amines) is 1. The Balaban J connectivity index is 2.23. The number of carbonyl (C=O) groups excluding carboxylic acids is 1. The Hall–Kier alpha value is -1.58. The summed E-state index contributed by atoms with van der Waals surface area (Å²) >= 11 is 0. The number of phenols is 1. The highest BCUT2D eigenvalue weighted by Gasteiger charge is 2.33. The van der Waals surface area contributed by atoms with Crippen LogP contribution in [0.25, 0.3) is 0 Å². The molecule has 4 heteroatoms. The number of rotatable bonds is 1. The van der Waals surface area contributed by atoms with E-state index >= 15 is 0 Å². The molecule has 0 aliphatic carbocycles. The summed E-state index contributed by atoms with van der Waals surface area (Å²) in [4.78, 5) is 13.8. The van der Waals surface area contributed by atoms with Gasteiger partial charge in [0, 0.05) is 13.1 Å². The Kier molecular flexibility index (Phi) is 2.81. The highest BCUT2D eigenvalue weighted by atomic mass is 19.1. The van der Waals surface area contributed by atoms with E-state index < -0.39 is 5.82 Å². The first-order chi connectivity index (χ1) is 7.89. The second kappa shape index (κ2) is 4.02. The Labute approximate surface area is 99.9 Å². The van der Waals surface area contributed by atoms with E-state index in [1.54, 1.807) is 4.90 Å². The zero-order valence-corrected chi connectivity index (χ0v) is 10.0. The van der Waals surface area contributed by atoms with Crippen molar-refractivity contribution >= 4 is 5.91 Å². The van der Waals surface area contributed by atoms with E-state index in [4.69, 9.17) is 0 Å². The van der Waals surface area contributed by atoms with Gasteiger partial charge in [-0.2, -0.15) is 0 Å². The summed E-state index contributed by atoms with van der Waals surface area (Å²) in [5, 5.41) is 9.58. The molecule has 1 aromatic rings. The molecular weight excluding hydrogens is 221 g/mol. The molecule has 1 amide bonds. The molecule has 0 aromatic heterocycles. The average Bonchev–Trinajstić information content (AvgIpc) is 2.61. The zero-order chi connectivity index (χ0) is 12.6. The highest BCUT2D eigenvalue weighted by Crippen LogP contribution is 2.31. The molecular formula is C13H16FNO2. The van der Waals surface area contributed by atoms with Crippen LogP contribution in [0.4, 0.5) is 4.39 Å². The van der Waals surface area contributed by atoms with Gasteiger partial charge in [0.2, 0.25) is 0 Å². The van der Waals surface area contributed by atoms with Crippen LogP contribution in [0.15, 0.2) is 18.2 Å². The fourth-order valence-corrected chi connectivity index (χ4v) is 2.14. The molecule has 1 aliphatic rings. The molecule has 1 aliphatic heterocycles. The number of hydrogen-bond acceptors (Lipinski definition) is 2. The molecule has 0 unspecified atom stereocenters. The lowest BCUT2D eigenvalue weighted by atomic mass is 9.93. The van der Waals surface area contributed by atoms with Crippen molar-refractivity contribution in [3.63, 3.8) is 0 Å². The predicted octanol–water partition coefficient (Wildman–Crippen LogP) is 2.40. The summed E-state index contributed by atoms with van der Waals surface area (Å²) in [5.41, 5.74) is 0.140. The van der Waals surface area contributed by atoms with Crippen molar-refractivity contribution in [2.24, 2.45) is 5.41 Å². The van der Waals surface area contributed by atoms with Crippen molar-refractivity contribution in [1.82, 2.24) is 4.90 Å². The second-order valence-electron chi connectivity index (χ2n) is 5.30. The number of amides is 1. The van der Waals surface area contributed by atoms with Crippen LogP contribution in [-0.2, 0) is 0 Å². The van der Waals surface area contributed by atoms with Gasteiger partial charge in [-0.05, 0) is 30.0 Å². The van der Waals surface area contributed by atoms with Crippen molar-refractivity contribution in [1.29, 1.82) is 0 Å². The summed E-state index contributed by atoms with van der Waals surface area (Å²) in [6, 6.07) is 3.44. The SMILES string of the molecule is CC1(C)CCN(C(=O)c2cc(F)ccc2O)C1. The largest absolute Gasteiger partial charge is 0.507 e. The molecule has 0 saturated carbocycles. The maximum absolute atomic E-state index is 13.1. The number of benzene rings is 1. The standard InChI is InChI=1S/C13H16FNO2/c1-13(2)5-6-15(8-13)12(17)10-7-9(14)3-4-11(10)16/h3-4,7,16H,5-6,8H2,1-2H3. The van der Waals surface area contributed by atoms with Gasteiger partial charge >= 0.3 is 0 Å². The van der Waals surface area contributed by atoms with Crippen LogP contribution >= 0.6 is 0 Å². The molecule has 2 rings (SSSR count). The number of carbonyl (C=O) groups is 1. The first kappa shape index (κ1) is 11.9. The van der Waals surface area contributed by atoms with Gasteiger partial charge in [0.15, 0.2) is 0 Å². The van der Waals surface area contributed by atoms with Gasteiger partial charge in [-0.3, -0.25) is 4.79 Å². The third kappa shape index (κ3) is 2.40. The molecule has 0 spiro atoms. The minimum atomic E-state index is -0.510.